The first-order valence-corrected chi connectivity index (χ1v) is 9.71. The number of ether oxygens (including phenoxy) is 2. The van der Waals surface area contributed by atoms with Crippen LogP contribution in [0.1, 0.15) is 24.8 Å². The number of piperidine rings is 1. The number of thiocarbonyl (C=S) groups is 1. The second kappa shape index (κ2) is 9.46. The van der Waals surface area contributed by atoms with Crippen molar-refractivity contribution in [2.24, 2.45) is 0 Å². The van der Waals surface area contributed by atoms with E-state index in [4.69, 9.17) is 21.7 Å². The van der Waals surface area contributed by atoms with Gasteiger partial charge in [-0.05, 0) is 61.3 Å². The van der Waals surface area contributed by atoms with E-state index in [-0.39, 0.29) is 0 Å². The molecule has 0 radical (unpaired) electrons. The molecule has 0 aliphatic carbocycles. The van der Waals surface area contributed by atoms with Crippen LogP contribution in [-0.4, -0.2) is 32.4 Å². The van der Waals surface area contributed by atoms with Crippen LogP contribution in [0.5, 0.6) is 11.5 Å². The Balaban J connectivity index is 1.51. The highest BCUT2D eigenvalue weighted by Crippen LogP contribution is 2.29. The van der Waals surface area contributed by atoms with Crippen LogP contribution in [-0.2, 0) is 6.54 Å². The zero-order valence-corrected chi connectivity index (χ0v) is 16.8. The molecule has 0 amide bonds. The fourth-order valence-electron chi connectivity index (χ4n) is 3.25. The number of methoxy groups -OCH3 is 2. The molecule has 1 saturated heterocycles. The maximum Gasteiger partial charge on any atom is 0.171 e. The van der Waals surface area contributed by atoms with E-state index in [1.54, 1.807) is 14.2 Å². The van der Waals surface area contributed by atoms with Gasteiger partial charge in [0.15, 0.2) is 16.6 Å². The Labute approximate surface area is 166 Å². The molecule has 6 heteroatoms. The second-order valence-corrected chi connectivity index (χ2v) is 7.00. The van der Waals surface area contributed by atoms with Crippen LogP contribution in [0.3, 0.4) is 0 Å². The van der Waals surface area contributed by atoms with E-state index >= 15 is 0 Å². The highest BCUT2D eigenvalue weighted by atomic mass is 32.1. The maximum atomic E-state index is 5.40. The summed E-state index contributed by atoms with van der Waals surface area (Å²) in [6.45, 7) is 3.01. The summed E-state index contributed by atoms with van der Waals surface area (Å²) in [6.07, 6.45) is 3.93. The number of hydrogen-bond donors (Lipinski definition) is 2. The van der Waals surface area contributed by atoms with Crippen molar-refractivity contribution in [3.8, 4) is 11.5 Å². The first-order chi connectivity index (χ1) is 13.2. The number of benzene rings is 2. The predicted octanol–water partition coefficient (Wildman–Crippen LogP) is 4.18. The van der Waals surface area contributed by atoms with Gasteiger partial charge in [0.2, 0.25) is 0 Å². The average Bonchev–Trinajstić information content (AvgIpc) is 2.73. The molecule has 5 nitrogen and oxygen atoms in total. The Bertz CT molecular complexity index is 759. The quantitative estimate of drug-likeness (QED) is 0.728. The Kier molecular flexibility index (Phi) is 6.76. The van der Waals surface area contributed by atoms with Crippen molar-refractivity contribution in [3.05, 3.63) is 48.0 Å². The van der Waals surface area contributed by atoms with Gasteiger partial charge in [-0.3, -0.25) is 0 Å². The van der Waals surface area contributed by atoms with Crippen LogP contribution >= 0.6 is 12.2 Å². The summed E-state index contributed by atoms with van der Waals surface area (Å²) in [4.78, 5) is 2.46. The Morgan fingerprint density at radius 1 is 0.963 bits per heavy atom. The molecular weight excluding hydrogens is 358 g/mol. The molecule has 2 aromatic rings. The zero-order chi connectivity index (χ0) is 19.1. The molecule has 2 aromatic carbocycles. The summed E-state index contributed by atoms with van der Waals surface area (Å²) in [5.41, 5.74) is 3.36. The molecule has 0 aromatic heterocycles. The van der Waals surface area contributed by atoms with Crippen LogP contribution in [0.2, 0.25) is 0 Å². The molecule has 1 aliphatic rings. The van der Waals surface area contributed by atoms with Crippen molar-refractivity contribution in [2.75, 3.05) is 37.5 Å². The van der Waals surface area contributed by atoms with Gasteiger partial charge < -0.3 is 25.0 Å². The minimum Gasteiger partial charge on any atom is -0.493 e. The normalized spacial score (nSPS) is 13.8. The van der Waals surface area contributed by atoms with E-state index in [2.05, 4.69) is 39.8 Å². The molecule has 1 heterocycles. The monoisotopic (exact) mass is 385 g/mol. The lowest BCUT2D eigenvalue weighted by Gasteiger charge is -2.28. The van der Waals surface area contributed by atoms with E-state index < -0.39 is 0 Å². The van der Waals surface area contributed by atoms with Crippen molar-refractivity contribution in [3.63, 3.8) is 0 Å². The average molecular weight is 386 g/mol. The number of anilines is 2. The molecule has 27 heavy (non-hydrogen) atoms. The number of nitrogens with one attached hydrogen (secondary N) is 2. The summed E-state index contributed by atoms with van der Waals surface area (Å²) in [6, 6.07) is 14.3. The van der Waals surface area contributed by atoms with Crippen molar-refractivity contribution >= 4 is 28.7 Å². The molecule has 3 rings (SSSR count). The first kappa shape index (κ1) is 19.3. The van der Waals surface area contributed by atoms with Gasteiger partial charge in [-0.2, -0.15) is 0 Å². The summed E-state index contributed by atoms with van der Waals surface area (Å²) in [5.74, 6) is 1.36. The van der Waals surface area contributed by atoms with Crippen LogP contribution in [0.4, 0.5) is 11.4 Å². The molecule has 0 atom stereocenters. The van der Waals surface area contributed by atoms with Gasteiger partial charge in [0.25, 0.3) is 0 Å². The van der Waals surface area contributed by atoms with E-state index in [1.165, 1.54) is 30.5 Å². The van der Waals surface area contributed by atoms with Crippen LogP contribution in [0, 0.1) is 0 Å². The third-order valence-electron chi connectivity index (χ3n) is 4.75. The minimum atomic E-state index is 0.572. The van der Waals surface area contributed by atoms with Crippen molar-refractivity contribution < 1.29 is 9.47 Å². The van der Waals surface area contributed by atoms with Gasteiger partial charge in [0, 0.05) is 37.1 Å². The lowest BCUT2D eigenvalue weighted by atomic mass is 10.1. The van der Waals surface area contributed by atoms with Crippen molar-refractivity contribution in [1.82, 2.24) is 5.32 Å². The van der Waals surface area contributed by atoms with Crippen molar-refractivity contribution in [2.45, 2.75) is 25.8 Å². The van der Waals surface area contributed by atoms with Gasteiger partial charge in [-0.1, -0.05) is 12.1 Å². The highest BCUT2D eigenvalue weighted by Gasteiger charge is 2.10. The summed E-state index contributed by atoms with van der Waals surface area (Å²) in [7, 11) is 3.24. The third kappa shape index (κ3) is 5.26. The molecule has 144 valence electrons. The SMILES string of the molecule is COc1ccc(NC(=S)NCc2ccc(N3CCCCC3)cc2)cc1OC. The van der Waals surface area contributed by atoms with Gasteiger partial charge in [-0.15, -0.1) is 0 Å². The lowest BCUT2D eigenvalue weighted by molar-refractivity contribution is 0.355. The molecule has 1 fully saturated rings. The Morgan fingerprint density at radius 2 is 1.67 bits per heavy atom. The minimum absolute atomic E-state index is 0.572. The van der Waals surface area contributed by atoms with Crippen molar-refractivity contribution in [1.29, 1.82) is 0 Å². The molecule has 2 N–H and O–H groups in total. The number of nitrogens with zero attached hydrogens (tertiary/aromatic N) is 1. The van der Waals surface area contributed by atoms with Crippen LogP contribution < -0.4 is 25.0 Å². The zero-order valence-electron chi connectivity index (χ0n) is 16.0. The summed E-state index contributed by atoms with van der Waals surface area (Å²) < 4.78 is 10.6. The molecule has 1 aliphatic heterocycles. The third-order valence-corrected chi connectivity index (χ3v) is 5.00. The van der Waals surface area contributed by atoms with E-state index in [9.17, 15) is 0 Å². The lowest BCUT2D eigenvalue weighted by Crippen LogP contribution is -2.29. The van der Waals surface area contributed by atoms with Gasteiger partial charge >= 0.3 is 0 Å². The van der Waals surface area contributed by atoms with E-state index in [1.807, 2.05) is 18.2 Å². The van der Waals surface area contributed by atoms with Crippen LogP contribution in [0.15, 0.2) is 42.5 Å². The van der Waals surface area contributed by atoms with E-state index in [0.717, 1.165) is 18.8 Å². The highest BCUT2D eigenvalue weighted by molar-refractivity contribution is 7.80. The first-order valence-electron chi connectivity index (χ1n) is 9.30. The number of rotatable bonds is 6. The maximum absolute atomic E-state index is 5.40. The molecule has 0 spiro atoms. The summed E-state index contributed by atoms with van der Waals surface area (Å²) in [5, 5.41) is 7.00. The molecule has 0 bridgehead atoms. The predicted molar refractivity (Wildman–Crippen MR) is 115 cm³/mol. The van der Waals surface area contributed by atoms with E-state index in [0.29, 0.717) is 23.2 Å². The Hall–Kier alpha value is -2.47. The van der Waals surface area contributed by atoms with Gasteiger partial charge in [0.1, 0.15) is 0 Å². The molecular formula is C21H27N3O2S. The second-order valence-electron chi connectivity index (χ2n) is 6.59. The fourth-order valence-corrected chi connectivity index (χ4v) is 3.44. The topological polar surface area (TPSA) is 45.8 Å². The van der Waals surface area contributed by atoms with Gasteiger partial charge in [-0.25, -0.2) is 0 Å². The van der Waals surface area contributed by atoms with Gasteiger partial charge in [0.05, 0.1) is 14.2 Å². The number of hydrogen-bond acceptors (Lipinski definition) is 4. The standard InChI is InChI=1S/C21H27N3O2S/c1-25-19-11-8-17(14-20(19)26-2)23-21(27)22-15-16-6-9-18(10-7-16)24-12-4-3-5-13-24/h6-11,14H,3-5,12-13,15H2,1-2H3,(H2,22,23,27). The fraction of sp³-hybridized carbons (Fsp3) is 0.381. The summed E-state index contributed by atoms with van der Waals surface area (Å²) >= 11 is 5.40. The molecule has 0 unspecified atom stereocenters. The molecule has 0 saturated carbocycles. The Morgan fingerprint density at radius 3 is 2.33 bits per heavy atom. The smallest absolute Gasteiger partial charge is 0.171 e. The van der Waals surface area contributed by atoms with Crippen LogP contribution in [0.25, 0.3) is 0 Å². The largest absolute Gasteiger partial charge is 0.493 e.